The maximum absolute atomic E-state index is 11.9. The van der Waals surface area contributed by atoms with Crippen LogP contribution in [0.2, 0.25) is 0 Å². The molecule has 1 aliphatic heterocycles. The van der Waals surface area contributed by atoms with Crippen LogP contribution in [-0.2, 0) is 9.53 Å². The number of carbonyl (C=O) groups excluding carboxylic acids is 1. The number of ether oxygens (including phenoxy) is 2. The molecule has 1 N–H and O–H groups in total. The summed E-state index contributed by atoms with van der Waals surface area (Å²) in [5, 5.41) is 9.55. The summed E-state index contributed by atoms with van der Waals surface area (Å²) < 4.78 is 10.2. The van der Waals surface area contributed by atoms with Gasteiger partial charge in [-0.3, -0.25) is 4.79 Å². The Hall–Kier alpha value is -2.01. The second-order valence-corrected chi connectivity index (χ2v) is 4.25. The summed E-state index contributed by atoms with van der Waals surface area (Å²) in [4.78, 5) is 13.5. The molecule has 102 valence electrons. The standard InChI is InChI=1S/C14H17NO4/c1-18-11-5-3-10(4-6-11)13(9-16)15-8-12(19-2)7-14(15)17/h3-7,13,16H,8-9H2,1-2H3/t13-/m0/s1. The van der Waals surface area contributed by atoms with E-state index in [-0.39, 0.29) is 18.6 Å². The number of benzene rings is 1. The molecule has 5 nitrogen and oxygen atoms in total. The lowest BCUT2D eigenvalue weighted by molar-refractivity contribution is -0.127. The van der Waals surface area contributed by atoms with Crippen LogP contribution in [0.1, 0.15) is 11.6 Å². The fourth-order valence-electron chi connectivity index (χ4n) is 2.11. The van der Waals surface area contributed by atoms with E-state index in [0.717, 1.165) is 11.3 Å². The van der Waals surface area contributed by atoms with Crippen molar-refractivity contribution < 1.29 is 19.4 Å². The minimum Gasteiger partial charge on any atom is -0.499 e. The Balaban J connectivity index is 2.18. The van der Waals surface area contributed by atoms with Gasteiger partial charge >= 0.3 is 0 Å². The van der Waals surface area contributed by atoms with E-state index in [1.807, 2.05) is 24.3 Å². The fourth-order valence-corrected chi connectivity index (χ4v) is 2.11. The zero-order chi connectivity index (χ0) is 13.8. The molecule has 0 unspecified atom stereocenters. The monoisotopic (exact) mass is 263 g/mol. The van der Waals surface area contributed by atoms with Crippen LogP contribution in [0.5, 0.6) is 5.75 Å². The van der Waals surface area contributed by atoms with E-state index in [9.17, 15) is 9.90 Å². The first-order valence-corrected chi connectivity index (χ1v) is 5.99. The highest BCUT2D eigenvalue weighted by Crippen LogP contribution is 2.26. The summed E-state index contributed by atoms with van der Waals surface area (Å²) >= 11 is 0. The lowest BCUT2D eigenvalue weighted by Gasteiger charge is -2.26. The normalized spacial score (nSPS) is 16.3. The van der Waals surface area contributed by atoms with Crippen molar-refractivity contribution in [2.45, 2.75) is 6.04 Å². The number of methoxy groups -OCH3 is 2. The van der Waals surface area contributed by atoms with Crippen molar-refractivity contribution >= 4 is 5.91 Å². The quantitative estimate of drug-likeness (QED) is 0.864. The summed E-state index contributed by atoms with van der Waals surface area (Å²) in [6, 6.07) is 6.93. The maximum atomic E-state index is 11.9. The first kappa shape index (κ1) is 13.4. The van der Waals surface area contributed by atoms with E-state index in [0.29, 0.717) is 12.3 Å². The molecule has 0 bridgehead atoms. The Morgan fingerprint density at radius 2 is 1.95 bits per heavy atom. The number of carbonyl (C=O) groups is 1. The second kappa shape index (κ2) is 5.75. The van der Waals surface area contributed by atoms with Gasteiger partial charge in [0.25, 0.3) is 5.91 Å². The Bertz CT molecular complexity index is 481. The lowest BCUT2D eigenvalue weighted by atomic mass is 10.1. The van der Waals surface area contributed by atoms with Crippen molar-refractivity contribution in [2.75, 3.05) is 27.4 Å². The van der Waals surface area contributed by atoms with E-state index in [1.165, 1.54) is 13.2 Å². The molecule has 1 aliphatic rings. The Labute approximate surface area is 112 Å². The van der Waals surface area contributed by atoms with Gasteiger partial charge in [-0.2, -0.15) is 0 Å². The van der Waals surface area contributed by atoms with Gasteiger partial charge in [0.1, 0.15) is 11.5 Å². The van der Waals surface area contributed by atoms with Crippen molar-refractivity contribution in [2.24, 2.45) is 0 Å². The first-order chi connectivity index (χ1) is 9.19. The molecule has 2 rings (SSSR count). The molecule has 1 aromatic carbocycles. The van der Waals surface area contributed by atoms with Gasteiger partial charge in [-0.15, -0.1) is 0 Å². The maximum Gasteiger partial charge on any atom is 0.251 e. The van der Waals surface area contributed by atoms with E-state index in [2.05, 4.69) is 0 Å². The highest BCUT2D eigenvalue weighted by Gasteiger charge is 2.29. The molecule has 0 fully saturated rings. The Morgan fingerprint density at radius 1 is 1.26 bits per heavy atom. The zero-order valence-electron chi connectivity index (χ0n) is 11.0. The molecule has 1 atom stereocenters. The molecule has 19 heavy (non-hydrogen) atoms. The third-order valence-corrected chi connectivity index (χ3v) is 3.21. The average Bonchev–Trinajstić information content (AvgIpc) is 2.82. The third kappa shape index (κ3) is 2.71. The van der Waals surface area contributed by atoms with Crippen LogP contribution in [0.25, 0.3) is 0 Å². The van der Waals surface area contributed by atoms with Crippen molar-refractivity contribution in [3.63, 3.8) is 0 Å². The molecule has 5 heteroatoms. The minimum atomic E-state index is -0.373. The topological polar surface area (TPSA) is 59.0 Å². The van der Waals surface area contributed by atoms with E-state index in [4.69, 9.17) is 9.47 Å². The summed E-state index contributed by atoms with van der Waals surface area (Å²) in [6.07, 6.45) is 1.45. The van der Waals surface area contributed by atoms with Gasteiger partial charge in [-0.1, -0.05) is 12.1 Å². The molecule has 0 aliphatic carbocycles. The third-order valence-electron chi connectivity index (χ3n) is 3.21. The van der Waals surface area contributed by atoms with Crippen LogP contribution in [0.3, 0.4) is 0 Å². The Morgan fingerprint density at radius 3 is 2.42 bits per heavy atom. The molecule has 0 spiro atoms. The lowest BCUT2D eigenvalue weighted by Crippen LogP contribution is -2.33. The number of rotatable bonds is 5. The second-order valence-electron chi connectivity index (χ2n) is 4.25. The molecule has 0 saturated carbocycles. The van der Waals surface area contributed by atoms with E-state index < -0.39 is 0 Å². The number of amides is 1. The van der Waals surface area contributed by atoms with Crippen LogP contribution in [0.15, 0.2) is 36.1 Å². The summed E-state index contributed by atoms with van der Waals surface area (Å²) in [7, 11) is 3.13. The van der Waals surface area contributed by atoms with Gasteiger partial charge in [0.05, 0.1) is 33.4 Å². The molecule has 1 heterocycles. The molecular formula is C14H17NO4. The average molecular weight is 263 g/mol. The van der Waals surface area contributed by atoms with Gasteiger partial charge in [-0.25, -0.2) is 0 Å². The molecule has 1 aromatic rings. The summed E-state index contributed by atoms with van der Waals surface area (Å²) in [6.45, 7) is 0.246. The van der Waals surface area contributed by atoms with E-state index in [1.54, 1.807) is 12.0 Å². The minimum absolute atomic E-state index is 0.136. The smallest absolute Gasteiger partial charge is 0.251 e. The van der Waals surface area contributed by atoms with Crippen LogP contribution in [0, 0.1) is 0 Å². The number of aliphatic hydroxyl groups is 1. The van der Waals surface area contributed by atoms with Crippen LogP contribution in [-0.4, -0.2) is 43.3 Å². The summed E-state index contributed by atoms with van der Waals surface area (Å²) in [5.41, 5.74) is 0.863. The first-order valence-electron chi connectivity index (χ1n) is 5.99. The molecule has 0 radical (unpaired) electrons. The predicted octanol–water partition coefficient (Wildman–Crippen LogP) is 1.10. The molecular weight excluding hydrogens is 246 g/mol. The highest BCUT2D eigenvalue weighted by atomic mass is 16.5. The number of hydrogen-bond donors (Lipinski definition) is 1. The fraction of sp³-hybridized carbons (Fsp3) is 0.357. The SMILES string of the molecule is COC1=CC(=O)N([C@@H](CO)c2ccc(OC)cc2)C1. The van der Waals surface area contributed by atoms with Crippen molar-refractivity contribution in [3.05, 3.63) is 41.7 Å². The van der Waals surface area contributed by atoms with Crippen molar-refractivity contribution in [3.8, 4) is 5.75 Å². The van der Waals surface area contributed by atoms with Crippen LogP contribution in [0.4, 0.5) is 0 Å². The number of hydrogen-bond acceptors (Lipinski definition) is 4. The van der Waals surface area contributed by atoms with Crippen molar-refractivity contribution in [1.29, 1.82) is 0 Å². The number of aliphatic hydroxyl groups excluding tert-OH is 1. The predicted molar refractivity (Wildman–Crippen MR) is 69.6 cm³/mol. The van der Waals surface area contributed by atoms with Crippen molar-refractivity contribution in [1.82, 2.24) is 4.90 Å². The highest BCUT2D eigenvalue weighted by molar-refractivity contribution is 5.91. The Kier molecular flexibility index (Phi) is 4.06. The van der Waals surface area contributed by atoms with Crippen LogP contribution < -0.4 is 4.74 Å². The summed E-state index contributed by atoms with van der Waals surface area (Å²) in [5.74, 6) is 1.20. The zero-order valence-corrected chi connectivity index (χ0v) is 11.0. The van der Waals surface area contributed by atoms with E-state index >= 15 is 0 Å². The largest absolute Gasteiger partial charge is 0.499 e. The molecule has 1 amide bonds. The van der Waals surface area contributed by atoms with Gasteiger partial charge in [-0.05, 0) is 17.7 Å². The van der Waals surface area contributed by atoms with Gasteiger partial charge in [0, 0.05) is 6.08 Å². The van der Waals surface area contributed by atoms with Crippen LogP contribution >= 0.6 is 0 Å². The number of nitrogens with zero attached hydrogens (tertiary/aromatic N) is 1. The molecule has 0 saturated heterocycles. The molecule has 0 aromatic heterocycles. The van der Waals surface area contributed by atoms with Gasteiger partial charge in [0.2, 0.25) is 0 Å². The van der Waals surface area contributed by atoms with Gasteiger partial charge in [0.15, 0.2) is 0 Å². The van der Waals surface area contributed by atoms with Gasteiger partial charge < -0.3 is 19.5 Å².